The molecular formula is C14H18N2O4. The number of rotatable bonds is 5. The zero-order chi connectivity index (χ0) is 14.5. The number of nitrogens with zero attached hydrogens (tertiary/aromatic N) is 1. The lowest BCUT2D eigenvalue weighted by atomic mass is 10.2. The number of amides is 1. The minimum absolute atomic E-state index is 0.115. The summed E-state index contributed by atoms with van der Waals surface area (Å²) in [5.41, 5.74) is 0.420. The number of hydrogen-bond donors (Lipinski definition) is 2. The van der Waals surface area contributed by atoms with Gasteiger partial charge in [0, 0.05) is 11.7 Å². The highest BCUT2D eigenvalue weighted by molar-refractivity contribution is 5.88. The third kappa shape index (κ3) is 3.69. The van der Waals surface area contributed by atoms with Gasteiger partial charge in [-0.3, -0.25) is 4.79 Å². The number of carboxylic acid groups (broad SMARTS) is 1. The number of ether oxygens (including phenoxy) is 1. The van der Waals surface area contributed by atoms with Gasteiger partial charge in [-0.25, -0.2) is 9.78 Å². The fraction of sp³-hybridized carbons (Fsp3) is 0.500. The molecule has 0 radical (unpaired) electrons. The predicted molar refractivity (Wildman–Crippen MR) is 71.8 cm³/mol. The monoisotopic (exact) mass is 278 g/mol. The van der Waals surface area contributed by atoms with Gasteiger partial charge < -0.3 is 15.2 Å². The number of nitrogens with one attached hydrogen (secondary N) is 1. The van der Waals surface area contributed by atoms with Gasteiger partial charge in [-0.15, -0.1) is 0 Å². The first-order chi connectivity index (χ1) is 9.56. The van der Waals surface area contributed by atoms with Crippen LogP contribution in [0.5, 0.6) is 5.75 Å². The highest BCUT2D eigenvalue weighted by Crippen LogP contribution is 2.18. The Morgan fingerprint density at radius 3 is 2.75 bits per heavy atom. The van der Waals surface area contributed by atoms with Gasteiger partial charge in [0.15, 0.2) is 18.1 Å². The van der Waals surface area contributed by atoms with E-state index in [9.17, 15) is 9.59 Å². The van der Waals surface area contributed by atoms with E-state index in [4.69, 9.17) is 9.84 Å². The molecule has 20 heavy (non-hydrogen) atoms. The van der Waals surface area contributed by atoms with Gasteiger partial charge in [0.1, 0.15) is 0 Å². The maximum Gasteiger partial charge on any atom is 0.358 e. The van der Waals surface area contributed by atoms with Crippen LogP contribution in [0.15, 0.2) is 12.1 Å². The van der Waals surface area contributed by atoms with Crippen LogP contribution in [0.3, 0.4) is 0 Å². The lowest BCUT2D eigenvalue weighted by Crippen LogP contribution is -2.36. The van der Waals surface area contributed by atoms with Crippen molar-refractivity contribution in [2.45, 2.75) is 38.6 Å². The molecule has 0 saturated heterocycles. The van der Waals surface area contributed by atoms with E-state index in [-0.39, 0.29) is 30.0 Å². The molecular weight excluding hydrogens is 260 g/mol. The second-order valence-corrected chi connectivity index (χ2v) is 4.94. The van der Waals surface area contributed by atoms with Crippen LogP contribution in [-0.4, -0.2) is 34.6 Å². The van der Waals surface area contributed by atoms with Crippen LogP contribution in [0, 0.1) is 6.92 Å². The summed E-state index contributed by atoms with van der Waals surface area (Å²) in [6, 6.07) is 3.40. The van der Waals surface area contributed by atoms with E-state index in [0.717, 1.165) is 25.7 Å². The molecule has 1 aromatic heterocycles. The molecule has 6 heteroatoms. The van der Waals surface area contributed by atoms with Crippen LogP contribution in [0.1, 0.15) is 41.9 Å². The molecule has 0 atom stereocenters. The van der Waals surface area contributed by atoms with Gasteiger partial charge in [0.2, 0.25) is 0 Å². The van der Waals surface area contributed by atoms with E-state index < -0.39 is 5.97 Å². The second kappa shape index (κ2) is 6.36. The van der Waals surface area contributed by atoms with Gasteiger partial charge in [-0.2, -0.15) is 0 Å². The summed E-state index contributed by atoms with van der Waals surface area (Å²) in [5.74, 6) is -1.28. The summed E-state index contributed by atoms with van der Waals surface area (Å²) in [6.07, 6.45) is 4.27. The minimum atomic E-state index is -1.17. The van der Waals surface area contributed by atoms with Crippen molar-refractivity contribution in [3.8, 4) is 5.75 Å². The summed E-state index contributed by atoms with van der Waals surface area (Å²) >= 11 is 0. The molecule has 0 aromatic carbocycles. The predicted octanol–water partition coefficient (Wildman–Crippen LogP) is 1.53. The molecule has 1 heterocycles. The van der Waals surface area contributed by atoms with Crippen LogP contribution in [-0.2, 0) is 4.79 Å². The van der Waals surface area contributed by atoms with E-state index in [0.29, 0.717) is 5.69 Å². The van der Waals surface area contributed by atoms with Crippen molar-refractivity contribution in [2.24, 2.45) is 0 Å². The van der Waals surface area contributed by atoms with Gasteiger partial charge >= 0.3 is 5.97 Å². The van der Waals surface area contributed by atoms with E-state index in [1.165, 1.54) is 6.07 Å². The Hall–Kier alpha value is -2.11. The number of aromatic carboxylic acids is 1. The van der Waals surface area contributed by atoms with Gasteiger partial charge in [-0.05, 0) is 31.9 Å². The van der Waals surface area contributed by atoms with Crippen molar-refractivity contribution < 1.29 is 19.4 Å². The Kier molecular flexibility index (Phi) is 4.55. The minimum Gasteiger partial charge on any atom is -0.481 e. The molecule has 0 spiro atoms. The van der Waals surface area contributed by atoms with Crippen molar-refractivity contribution in [1.29, 1.82) is 0 Å². The van der Waals surface area contributed by atoms with Crippen molar-refractivity contribution in [1.82, 2.24) is 10.3 Å². The molecule has 108 valence electrons. The third-order valence-corrected chi connectivity index (χ3v) is 3.28. The van der Waals surface area contributed by atoms with Crippen molar-refractivity contribution >= 4 is 11.9 Å². The number of pyridine rings is 1. The highest BCUT2D eigenvalue weighted by Gasteiger charge is 2.18. The second-order valence-electron chi connectivity index (χ2n) is 4.94. The first-order valence-electron chi connectivity index (χ1n) is 6.69. The van der Waals surface area contributed by atoms with E-state index in [1.807, 2.05) is 0 Å². The first-order valence-corrected chi connectivity index (χ1v) is 6.69. The summed E-state index contributed by atoms with van der Waals surface area (Å²) in [6.45, 7) is 1.50. The van der Waals surface area contributed by atoms with Crippen LogP contribution >= 0.6 is 0 Å². The lowest BCUT2D eigenvalue weighted by Gasteiger charge is -2.13. The average molecular weight is 278 g/mol. The first kappa shape index (κ1) is 14.3. The van der Waals surface area contributed by atoms with Crippen molar-refractivity contribution in [2.75, 3.05) is 6.61 Å². The standard InChI is InChI=1S/C14H18N2O4/c1-9-6-7-11(13(15-9)14(18)19)20-8-12(17)16-10-4-2-3-5-10/h6-7,10H,2-5,8H2,1H3,(H,16,17)(H,18,19). The van der Waals surface area contributed by atoms with Gasteiger partial charge in [0.25, 0.3) is 5.91 Å². The molecule has 1 saturated carbocycles. The fourth-order valence-electron chi connectivity index (χ4n) is 2.30. The van der Waals surface area contributed by atoms with Gasteiger partial charge in [0.05, 0.1) is 0 Å². The van der Waals surface area contributed by atoms with Crippen molar-refractivity contribution in [3.63, 3.8) is 0 Å². The Morgan fingerprint density at radius 1 is 1.40 bits per heavy atom. The molecule has 0 unspecified atom stereocenters. The molecule has 6 nitrogen and oxygen atoms in total. The fourth-order valence-corrected chi connectivity index (χ4v) is 2.30. The Morgan fingerprint density at radius 2 is 2.10 bits per heavy atom. The average Bonchev–Trinajstić information content (AvgIpc) is 2.90. The third-order valence-electron chi connectivity index (χ3n) is 3.28. The lowest BCUT2D eigenvalue weighted by molar-refractivity contribution is -0.123. The molecule has 1 amide bonds. The van der Waals surface area contributed by atoms with Crippen LogP contribution in [0.4, 0.5) is 0 Å². The normalized spacial score (nSPS) is 15.1. The smallest absolute Gasteiger partial charge is 0.358 e. The van der Waals surface area contributed by atoms with E-state index >= 15 is 0 Å². The van der Waals surface area contributed by atoms with Crippen LogP contribution in [0.2, 0.25) is 0 Å². The molecule has 1 aliphatic rings. The number of aromatic nitrogens is 1. The SMILES string of the molecule is Cc1ccc(OCC(=O)NC2CCCC2)c(C(=O)O)n1. The van der Waals surface area contributed by atoms with E-state index in [2.05, 4.69) is 10.3 Å². The maximum atomic E-state index is 11.7. The number of carbonyl (C=O) groups excluding carboxylic acids is 1. The zero-order valence-electron chi connectivity index (χ0n) is 11.4. The highest BCUT2D eigenvalue weighted by atomic mass is 16.5. The molecule has 1 aromatic rings. The molecule has 2 rings (SSSR count). The van der Waals surface area contributed by atoms with Crippen LogP contribution < -0.4 is 10.1 Å². The topological polar surface area (TPSA) is 88.5 Å². The zero-order valence-corrected chi connectivity index (χ0v) is 11.4. The molecule has 0 bridgehead atoms. The van der Waals surface area contributed by atoms with E-state index in [1.54, 1.807) is 13.0 Å². The van der Waals surface area contributed by atoms with Crippen molar-refractivity contribution in [3.05, 3.63) is 23.5 Å². The Bertz CT molecular complexity index is 510. The molecule has 1 fully saturated rings. The number of carbonyl (C=O) groups is 2. The number of carboxylic acids is 1. The summed E-state index contributed by atoms with van der Waals surface area (Å²) in [5, 5.41) is 11.9. The molecule has 1 aliphatic carbocycles. The van der Waals surface area contributed by atoms with Crippen LogP contribution in [0.25, 0.3) is 0 Å². The molecule has 0 aliphatic heterocycles. The summed E-state index contributed by atoms with van der Waals surface area (Å²) in [4.78, 5) is 26.7. The summed E-state index contributed by atoms with van der Waals surface area (Å²) < 4.78 is 5.27. The quantitative estimate of drug-likeness (QED) is 0.852. The maximum absolute atomic E-state index is 11.7. The molecule has 2 N–H and O–H groups in total. The number of aryl methyl sites for hydroxylation is 1. The largest absolute Gasteiger partial charge is 0.481 e. The summed E-state index contributed by atoms with van der Waals surface area (Å²) in [7, 11) is 0. The van der Waals surface area contributed by atoms with Gasteiger partial charge in [-0.1, -0.05) is 12.8 Å². The Balaban J connectivity index is 1.93. The number of hydrogen-bond acceptors (Lipinski definition) is 4. The Labute approximate surface area is 117 Å².